The van der Waals surface area contributed by atoms with E-state index in [0.717, 1.165) is 37.4 Å². The maximum Gasteiger partial charge on any atom is 0.303 e. The lowest BCUT2D eigenvalue weighted by atomic mass is 9.99. The molecule has 4 rings (SSSR count). The Morgan fingerprint density at radius 2 is 1.57 bits per heavy atom. The molecule has 0 saturated carbocycles. The van der Waals surface area contributed by atoms with Crippen LogP contribution in [-0.4, -0.2) is 78.5 Å². The van der Waals surface area contributed by atoms with Crippen LogP contribution in [0, 0.1) is 0 Å². The first kappa shape index (κ1) is 32.7. The van der Waals surface area contributed by atoms with Crippen molar-refractivity contribution in [2.24, 2.45) is 4.99 Å². The Kier molecular flexibility index (Phi) is 10.8. The number of amidine groups is 1. The SMILES string of the molecule is COc1ccc(N2C(=O)/C(=C/c3cccs3)N=C2S[C@@H]2O[C@H](COC(C)=O)[C@H](OC(C)=O)[C@H](OC(C)=O)[C@@H]2OC(C)=O)cc1. The Bertz CT molecular complexity index is 1460. The number of carbonyl (C=O) groups is 5. The van der Waals surface area contributed by atoms with Gasteiger partial charge in [-0.05, 0) is 41.8 Å². The molecule has 234 valence electrons. The van der Waals surface area contributed by atoms with Crippen molar-refractivity contribution in [3.05, 3.63) is 52.4 Å². The molecule has 2 aromatic rings. The highest BCUT2D eigenvalue weighted by molar-refractivity contribution is 8.14. The van der Waals surface area contributed by atoms with Gasteiger partial charge in [-0.15, -0.1) is 11.3 Å². The van der Waals surface area contributed by atoms with Crippen LogP contribution in [0.5, 0.6) is 5.75 Å². The molecule has 1 aromatic carbocycles. The summed E-state index contributed by atoms with van der Waals surface area (Å²) in [6, 6.07) is 10.4. The number of carbonyl (C=O) groups excluding carboxylic acids is 5. The van der Waals surface area contributed by atoms with Crippen LogP contribution in [0.2, 0.25) is 0 Å². The number of nitrogens with zero attached hydrogens (tertiary/aromatic N) is 2. The minimum Gasteiger partial charge on any atom is -0.497 e. The lowest BCUT2D eigenvalue weighted by molar-refractivity contribution is -0.237. The van der Waals surface area contributed by atoms with Crippen LogP contribution in [-0.2, 0) is 47.7 Å². The van der Waals surface area contributed by atoms with Gasteiger partial charge in [-0.1, -0.05) is 17.8 Å². The Hall–Kier alpha value is -4.21. The van der Waals surface area contributed by atoms with Crippen LogP contribution < -0.4 is 9.64 Å². The second kappa shape index (κ2) is 14.5. The average Bonchev–Trinajstić information content (AvgIpc) is 3.58. The van der Waals surface area contributed by atoms with E-state index >= 15 is 0 Å². The third-order valence-corrected chi connectivity index (χ3v) is 8.07. The normalized spacial score (nSPS) is 24.0. The van der Waals surface area contributed by atoms with Gasteiger partial charge in [0.1, 0.15) is 24.2 Å². The predicted molar refractivity (Wildman–Crippen MR) is 160 cm³/mol. The fourth-order valence-corrected chi connectivity index (χ4v) is 6.28. The van der Waals surface area contributed by atoms with Crippen molar-refractivity contribution in [1.82, 2.24) is 0 Å². The maximum absolute atomic E-state index is 13.7. The van der Waals surface area contributed by atoms with E-state index in [4.69, 9.17) is 28.4 Å². The number of hydrogen-bond acceptors (Lipinski definition) is 14. The minimum absolute atomic E-state index is 0.136. The molecule has 2 aliphatic heterocycles. The van der Waals surface area contributed by atoms with Gasteiger partial charge < -0.3 is 28.4 Å². The summed E-state index contributed by atoms with van der Waals surface area (Å²) in [6.07, 6.45) is -3.51. The summed E-state index contributed by atoms with van der Waals surface area (Å²) in [4.78, 5) is 68.6. The Labute approximate surface area is 261 Å². The van der Waals surface area contributed by atoms with Gasteiger partial charge in [-0.25, -0.2) is 4.99 Å². The van der Waals surface area contributed by atoms with E-state index < -0.39 is 59.6 Å². The Morgan fingerprint density at radius 1 is 0.932 bits per heavy atom. The van der Waals surface area contributed by atoms with Crippen LogP contribution in [0.1, 0.15) is 32.6 Å². The molecular formula is C29H30N2O11S2. The zero-order valence-corrected chi connectivity index (χ0v) is 26.0. The van der Waals surface area contributed by atoms with Gasteiger partial charge in [0.15, 0.2) is 28.9 Å². The molecule has 0 radical (unpaired) electrons. The zero-order valence-electron chi connectivity index (χ0n) is 24.4. The molecule has 0 bridgehead atoms. The van der Waals surface area contributed by atoms with Gasteiger partial charge in [0.05, 0.1) is 12.8 Å². The fraction of sp³-hybridized carbons (Fsp3) is 0.379. The molecular weight excluding hydrogens is 616 g/mol. The number of ether oxygens (including phenoxy) is 6. The van der Waals surface area contributed by atoms with Crippen molar-refractivity contribution >= 4 is 69.8 Å². The largest absolute Gasteiger partial charge is 0.497 e. The lowest BCUT2D eigenvalue weighted by Gasteiger charge is -2.44. The number of rotatable bonds is 9. The summed E-state index contributed by atoms with van der Waals surface area (Å²) in [7, 11) is 1.52. The summed E-state index contributed by atoms with van der Waals surface area (Å²) in [5.41, 5.74) is -0.581. The minimum atomic E-state index is -1.36. The van der Waals surface area contributed by atoms with Crippen molar-refractivity contribution in [3.63, 3.8) is 0 Å². The molecule has 0 unspecified atom stereocenters. The first-order valence-corrected chi connectivity index (χ1v) is 15.0. The smallest absolute Gasteiger partial charge is 0.303 e. The molecule has 1 fully saturated rings. The summed E-state index contributed by atoms with van der Waals surface area (Å²) in [5, 5.41) is 2.02. The van der Waals surface area contributed by atoms with Crippen LogP contribution in [0.15, 0.2) is 52.5 Å². The van der Waals surface area contributed by atoms with E-state index in [2.05, 4.69) is 4.99 Å². The highest BCUT2D eigenvalue weighted by Crippen LogP contribution is 2.39. The fourth-order valence-electron chi connectivity index (χ4n) is 4.43. The van der Waals surface area contributed by atoms with E-state index in [9.17, 15) is 24.0 Å². The molecule has 1 amide bonds. The molecule has 0 aliphatic carbocycles. The molecule has 5 atom stereocenters. The second-order valence-electron chi connectivity index (χ2n) is 9.46. The van der Waals surface area contributed by atoms with E-state index in [0.29, 0.717) is 11.4 Å². The Balaban J connectivity index is 1.78. The van der Waals surface area contributed by atoms with Crippen LogP contribution in [0.25, 0.3) is 6.08 Å². The molecule has 44 heavy (non-hydrogen) atoms. The highest BCUT2D eigenvalue weighted by Gasteiger charge is 2.53. The van der Waals surface area contributed by atoms with E-state index in [1.807, 2.05) is 17.5 Å². The highest BCUT2D eigenvalue weighted by atomic mass is 32.2. The van der Waals surface area contributed by atoms with Gasteiger partial charge in [-0.3, -0.25) is 28.9 Å². The van der Waals surface area contributed by atoms with Crippen LogP contribution >= 0.6 is 23.1 Å². The molecule has 0 N–H and O–H groups in total. The molecule has 2 aliphatic rings. The molecule has 15 heteroatoms. The zero-order chi connectivity index (χ0) is 32.0. The Morgan fingerprint density at radius 3 is 2.14 bits per heavy atom. The van der Waals surface area contributed by atoms with Gasteiger partial charge in [0, 0.05) is 32.6 Å². The summed E-state index contributed by atoms with van der Waals surface area (Å²) >= 11 is 2.34. The average molecular weight is 647 g/mol. The van der Waals surface area contributed by atoms with Crippen molar-refractivity contribution in [1.29, 1.82) is 0 Å². The van der Waals surface area contributed by atoms with E-state index in [1.165, 1.54) is 30.3 Å². The molecule has 13 nitrogen and oxygen atoms in total. The van der Waals surface area contributed by atoms with Crippen LogP contribution in [0.3, 0.4) is 0 Å². The monoisotopic (exact) mass is 646 g/mol. The van der Waals surface area contributed by atoms with E-state index in [1.54, 1.807) is 30.3 Å². The first-order chi connectivity index (χ1) is 21.0. The number of benzene rings is 1. The summed E-state index contributed by atoms with van der Waals surface area (Å²) < 4.78 is 33.2. The molecule has 1 aromatic heterocycles. The predicted octanol–water partition coefficient (Wildman–Crippen LogP) is 3.32. The van der Waals surface area contributed by atoms with Crippen molar-refractivity contribution in [2.45, 2.75) is 57.5 Å². The standard InChI is InChI=1S/C29H30N2O11S2/c1-15(32)38-14-23-24(39-16(2)33)25(40-17(3)34)26(41-18(4)35)28(42-23)44-29-30-22(13-21-7-6-12-43-21)27(36)31(29)19-8-10-20(37-5)11-9-19/h6-13,23-26,28H,14H2,1-5H3/b22-13-/t23-,24+,25+,26+,28+/m1/s1. The number of thioether (sulfide) groups is 1. The number of esters is 4. The van der Waals surface area contributed by atoms with Gasteiger partial charge in [0.2, 0.25) is 0 Å². The van der Waals surface area contributed by atoms with Crippen molar-refractivity contribution in [2.75, 3.05) is 18.6 Å². The topological polar surface area (TPSA) is 156 Å². The number of aliphatic imine (C=N–C) groups is 1. The van der Waals surface area contributed by atoms with E-state index in [-0.39, 0.29) is 17.5 Å². The number of thiophene rings is 1. The number of anilines is 1. The maximum atomic E-state index is 13.7. The van der Waals surface area contributed by atoms with Crippen LogP contribution in [0.4, 0.5) is 5.69 Å². The van der Waals surface area contributed by atoms with Crippen molar-refractivity contribution < 1.29 is 52.4 Å². The molecule has 1 saturated heterocycles. The first-order valence-electron chi connectivity index (χ1n) is 13.3. The number of methoxy groups -OCH3 is 1. The summed E-state index contributed by atoms with van der Waals surface area (Å²) in [6.45, 7) is 4.24. The van der Waals surface area contributed by atoms with Gasteiger partial charge in [0.25, 0.3) is 5.91 Å². The summed E-state index contributed by atoms with van der Waals surface area (Å²) in [5.74, 6) is -2.73. The van der Waals surface area contributed by atoms with Gasteiger partial charge >= 0.3 is 23.9 Å². The third kappa shape index (κ3) is 8.03. The number of amides is 1. The third-order valence-electron chi connectivity index (χ3n) is 6.15. The second-order valence-corrected chi connectivity index (χ2v) is 11.5. The molecule has 0 spiro atoms. The number of hydrogen-bond donors (Lipinski definition) is 0. The quantitative estimate of drug-likeness (QED) is 0.223. The van der Waals surface area contributed by atoms with Gasteiger partial charge in [-0.2, -0.15) is 0 Å². The lowest BCUT2D eigenvalue weighted by Crippen LogP contribution is -2.61. The van der Waals surface area contributed by atoms with Crippen molar-refractivity contribution in [3.8, 4) is 5.75 Å². The molecule has 3 heterocycles.